The average molecular weight is 316 g/mol. The van der Waals surface area contributed by atoms with E-state index >= 15 is 0 Å². The van der Waals surface area contributed by atoms with Crippen LogP contribution in [0.2, 0.25) is 0 Å². The Kier molecular flexibility index (Phi) is 4.04. The molecule has 1 aromatic carbocycles. The van der Waals surface area contributed by atoms with Gasteiger partial charge in [-0.25, -0.2) is 4.79 Å². The van der Waals surface area contributed by atoms with Crippen molar-refractivity contribution in [2.24, 2.45) is 0 Å². The quantitative estimate of drug-likeness (QED) is 0.931. The summed E-state index contributed by atoms with van der Waals surface area (Å²) in [6.07, 6.45) is -0.368. The van der Waals surface area contributed by atoms with Gasteiger partial charge in [-0.3, -0.25) is 4.90 Å². The van der Waals surface area contributed by atoms with Crippen molar-refractivity contribution in [2.45, 2.75) is 39.1 Å². The monoisotopic (exact) mass is 316 g/mol. The molecule has 0 saturated carbocycles. The maximum absolute atomic E-state index is 12.2. The Morgan fingerprint density at radius 1 is 1.26 bits per heavy atom. The topological polar surface area (TPSA) is 80.5 Å². The summed E-state index contributed by atoms with van der Waals surface area (Å²) < 4.78 is 7.20. The summed E-state index contributed by atoms with van der Waals surface area (Å²) in [5.41, 5.74) is -0.105. The molecule has 0 spiro atoms. The Labute approximate surface area is 134 Å². The van der Waals surface area contributed by atoms with Crippen molar-refractivity contribution in [1.29, 1.82) is 0 Å². The number of aromatic nitrogens is 3. The summed E-state index contributed by atoms with van der Waals surface area (Å²) in [6.45, 7) is 4.97. The van der Waals surface area contributed by atoms with Crippen LogP contribution in [-0.2, 0) is 30.0 Å². The van der Waals surface area contributed by atoms with Crippen LogP contribution in [-0.4, -0.2) is 37.4 Å². The number of carbonyl (C=O) groups excluding carboxylic acids is 1. The summed E-state index contributed by atoms with van der Waals surface area (Å²) in [6, 6.07) is 9.56. The maximum Gasteiger partial charge on any atom is 0.410 e. The summed E-state index contributed by atoms with van der Waals surface area (Å²) in [4.78, 5) is 13.8. The van der Waals surface area contributed by atoms with Gasteiger partial charge in [0, 0.05) is 13.1 Å². The first kappa shape index (κ1) is 15.5. The molecule has 0 radical (unpaired) electrons. The Balaban J connectivity index is 1.63. The van der Waals surface area contributed by atoms with Crippen LogP contribution in [0.4, 0.5) is 4.79 Å². The van der Waals surface area contributed by atoms with Gasteiger partial charge < -0.3 is 14.4 Å². The third kappa shape index (κ3) is 3.34. The molecule has 1 amide bonds. The minimum atomic E-state index is -1.05. The molecule has 2 aromatic rings. The van der Waals surface area contributed by atoms with Gasteiger partial charge in [0.25, 0.3) is 0 Å². The second kappa shape index (κ2) is 6.00. The molecular formula is C16H20N4O3. The number of rotatable bonds is 3. The van der Waals surface area contributed by atoms with Gasteiger partial charge in [-0.1, -0.05) is 30.3 Å². The molecule has 7 heteroatoms. The van der Waals surface area contributed by atoms with Crippen molar-refractivity contribution in [2.75, 3.05) is 6.54 Å². The number of ether oxygens (including phenoxy) is 1. The van der Waals surface area contributed by atoms with Crippen LogP contribution in [0.15, 0.2) is 30.3 Å². The predicted molar refractivity (Wildman–Crippen MR) is 82.3 cm³/mol. The lowest BCUT2D eigenvalue weighted by Crippen LogP contribution is -2.40. The van der Waals surface area contributed by atoms with E-state index in [0.29, 0.717) is 31.3 Å². The number of nitrogens with zero attached hydrogens (tertiary/aromatic N) is 4. The molecule has 0 bridgehead atoms. The van der Waals surface area contributed by atoms with Gasteiger partial charge in [-0.05, 0) is 19.4 Å². The minimum Gasteiger partial charge on any atom is -0.445 e. The molecule has 1 aromatic heterocycles. The zero-order chi connectivity index (χ0) is 16.4. The van der Waals surface area contributed by atoms with Crippen molar-refractivity contribution in [3.05, 3.63) is 47.5 Å². The number of amides is 1. The Morgan fingerprint density at radius 3 is 2.70 bits per heavy atom. The number of hydrogen-bond donors (Lipinski definition) is 1. The van der Waals surface area contributed by atoms with Gasteiger partial charge >= 0.3 is 6.09 Å². The number of aliphatic hydroxyl groups is 1. The summed E-state index contributed by atoms with van der Waals surface area (Å²) in [5, 5.41) is 18.2. The molecule has 0 fully saturated rings. The van der Waals surface area contributed by atoms with E-state index in [2.05, 4.69) is 10.2 Å². The van der Waals surface area contributed by atoms with Gasteiger partial charge in [0.15, 0.2) is 11.6 Å². The molecule has 23 heavy (non-hydrogen) atoms. The van der Waals surface area contributed by atoms with E-state index in [0.717, 1.165) is 5.56 Å². The molecule has 1 N–H and O–H groups in total. The average Bonchev–Trinajstić information content (AvgIpc) is 2.96. The van der Waals surface area contributed by atoms with Crippen LogP contribution >= 0.6 is 0 Å². The third-order valence-corrected chi connectivity index (χ3v) is 3.76. The molecule has 1 aliphatic heterocycles. The standard InChI is InChI=1S/C16H20N4O3/c1-16(2,22)14-18-17-13-10-19(8-9-20(13)14)15(21)23-11-12-6-4-3-5-7-12/h3-7,22H,8-11H2,1-2H3. The van der Waals surface area contributed by atoms with Crippen LogP contribution in [0, 0.1) is 0 Å². The Morgan fingerprint density at radius 2 is 2.00 bits per heavy atom. The van der Waals surface area contributed by atoms with Gasteiger partial charge in [0.2, 0.25) is 0 Å². The largest absolute Gasteiger partial charge is 0.445 e. The van der Waals surface area contributed by atoms with Crippen molar-refractivity contribution in [1.82, 2.24) is 19.7 Å². The third-order valence-electron chi connectivity index (χ3n) is 3.76. The fourth-order valence-corrected chi connectivity index (χ4v) is 2.58. The Hall–Kier alpha value is -2.41. The highest BCUT2D eigenvalue weighted by atomic mass is 16.6. The van der Waals surface area contributed by atoms with Gasteiger partial charge in [0.1, 0.15) is 12.2 Å². The van der Waals surface area contributed by atoms with E-state index in [1.54, 1.807) is 18.7 Å². The van der Waals surface area contributed by atoms with Gasteiger partial charge in [-0.15, -0.1) is 10.2 Å². The molecule has 1 aliphatic rings. The van der Waals surface area contributed by atoms with E-state index in [9.17, 15) is 9.90 Å². The molecule has 0 atom stereocenters. The van der Waals surface area contributed by atoms with Crippen molar-refractivity contribution in [3.63, 3.8) is 0 Å². The van der Waals surface area contributed by atoms with Gasteiger partial charge in [0.05, 0.1) is 6.54 Å². The first-order chi connectivity index (χ1) is 10.9. The van der Waals surface area contributed by atoms with E-state index in [4.69, 9.17) is 4.74 Å². The minimum absolute atomic E-state index is 0.248. The fourth-order valence-electron chi connectivity index (χ4n) is 2.58. The maximum atomic E-state index is 12.2. The molecule has 7 nitrogen and oxygen atoms in total. The zero-order valence-electron chi connectivity index (χ0n) is 13.3. The lowest BCUT2D eigenvalue weighted by Gasteiger charge is -2.28. The van der Waals surface area contributed by atoms with Crippen molar-refractivity contribution < 1.29 is 14.6 Å². The molecule has 0 saturated heterocycles. The van der Waals surface area contributed by atoms with Crippen LogP contribution in [0.25, 0.3) is 0 Å². The molecular weight excluding hydrogens is 296 g/mol. The highest BCUT2D eigenvalue weighted by Gasteiger charge is 2.30. The summed E-state index contributed by atoms with van der Waals surface area (Å²) in [5.74, 6) is 1.18. The van der Waals surface area contributed by atoms with E-state index < -0.39 is 5.60 Å². The van der Waals surface area contributed by atoms with E-state index in [-0.39, 0.29) is 12.7 Å². The van der Waals surface area contributed by atoms with Crippen LogP contribution in [0.1, 0.15) is 31.1 Å². The molecule has 3 rings (SSSR count). The number of carbonyl (C=O) groups is 1. The first-order valence-electron chi connectivity index (χ1n) is 7.56. The predicted octanol–water partition coefficient (Wildman–Crippen LogP) is 1.66. The van der Waals surface area contributed by atoms with Crippen molar-refractivity contribution in [3.8, 4) is 0 Å². The van der Waals surface area contributed by atoms with Crippen LogP contribution in [0.5, 0.6) is 0 Å². The summed E-state index contributed by atoms with van der Waals surface area (Å²) >= 11 is 0. The van der Waals surface area contributed by atoms with Crippen LogP contribution in [0.3, 0.4) is 0 Å². The number of benzene rings is 1. The van der Waals surface area contributed by atoms with Crippen LogP contribution < -0.4 is 0 Å². The smallest absolute Gasteiger partial charge is 0.410 e. The zero-order valence-corrected chi connectivity index (χ0v) is 13.3. The number of hydrogen-bond acceptors (Lipinski definition) is 5. The second-order valence-corrected chi connectivity index (χ2v) is 6.11. The lowest BCUT2D eigenvalue weighted by atomic mass is 10.1. The van der Waals surface area contributed by atoms with Crippen molar-refractivity contribution >= 4 is 6.09 Å². The Bertz CT molecular complexity index is 691. The van der Waals surface area contributed by atoms with E-state index in [1.165, 1.54) is 0 Å². The SMILES string of the molecule is CC(C)(O)c1nnc2n1CCN(C(=O)OCc1ccccc1)C2. The second-order valence-electron chi connectivity index (χ2n) is 6.11. The number of fused-ring (bicyclic) bond motifs is 1. The highest BCUT2D eigenvalue weighted by Crippen LogP contribution is 2.22. The lowest BCUT2D eigenvalue weighted by molar-refractivity contribution is 0.0595. The first-order valence-corrected chi connectivity index (χ1v) is 7.56. The molecule has 122 valence electrons. The fraction of sp³-hybridized carbons (Fsp3) is 0.438. The van der Waals surface area contributed by atoms with E-state index in [1.807, 2.05) is 34.9 Å². The molecule has 0 unspecified atom stereocenters. The van der Waals surface area contributed by atoms with Gasteiger partial charge in [-0.2, -0.15) is 0 Å². The molecule has 2 heterocycles. The highest BCUT2D eigenvalue weighted by molar-refractivity contribution is 5.67. The summed E-state index contributed by atoms with van der Waals surface area (Å²) in [7, 11) is 0. The molecule has 0 aliphatic carbocycles. The normalized spacial score (nSPS) is 14.5.